The van der Waals surface area contributed by atoms with Gasteiger partial charge in [-0.1, -0.05) is 30.3 Å². The number of rotatable bonds is 8. The lowest BCUT2D eigenvalue weighted by atomic mass is 10.0. The molecule has 0 aliphatic heterocycles. The number of amides is 1. The Balaban J connectivity index is 1.76. The molecular formula is C23H21N3O5. The molecule has 3 rings (SSSR count). The van der Waals surface area contributed by atoms with Gasteiger partial charge in [0.25, 0.3) is 5.69 Å². The second kappa shape index (κ2) is 9.53. The molecule has 0 heterocycles. The highest BCUT2D eigenvalue weighted by molar-refractivity contribution is 6.09. The molecular weight excluding hydrogens is 398 g/mol. The molecule has 31 heavy (non-hydrogen) atoms. The number of ether oxygens (including phenoxy) is 1. The number of carbonyl (C=O) groups excluding carboxylic acids is 2. The molecule has 0 aliphatic carbocycles. The minimum Gasteiger partial charge on any atom is -0.497 e. The summed E-state index contributed by atoms with van der Waals surface area (Å²) < 4.78 is 5.08. The predicted octanol–water partition coefficient (Wildman–Crippen LogP) is 3.91. The highest BCUT2D eigenvalue weighted by Crippen LogP contribution is 2.29. The Morgan fingerprint density at radius 1 is 1.00 bits per heavy atom. The number of nitro benzene ring substituents is 1. The van der Waals surface area contributed by atoms with Crippen LogP contribution in [0.1, 0.15) is 15.9 Å². The number of likely N-dealkylation sites (N-methyl/N-ethyl adjacent to an activating group) is 1. The Bertz CT molecular complexity index is 1100. The summed E-state index contributed by atoms with van der Waals surface area (Å²) >= 11 is 0. The van der Waals surface area contributed by atoms with Crippen LogP contribution in [0.5, 0.6) is 5.75 Å². The van der Waals surface area contributed by atoms with Crippen molar-refractivity contribution in [3.63, 3.8) is 0 Å². The largest absolute Gasteiger partial charge is 0.497 e. The lowest BCUT2D eigenvalue weighted by Gasteiger charge is -2.19. The first-order valence-corrected chi connectivity index (χ1v) is 9.42. The van der Waals surface area contributed by atoms with Gasteiger partial charge in [-0.3, -0.25) is 19.7 Å². The average Bonchev–Trinajstić information content (AvgIpc) is 2.79. The van der Waals surface area contributed by atoms with Gasteiger partial charge in [0.15, 0.2) is 5.78 Å². The van der Waals surface area contributed by atoms with Gasteiger partial charge in [0.1, 0.15) is 11.4 Å². The van der Waals surface area contributed by atoms with Crippen LogP contribution in [-0.4, -0.2) is 37.3 Å². The molecule has 3 aromatic carbocycles. The molecule has 1 amide bonds. The van der Waals surface area contributed by atoms with Gasteiger partial charge in [-0.25, -0.2) is 0 Å². The number of ketones is 1. The van der Waals surface area contributed by atoms with Crippen LogP contribution in [0.15, 0.2) is 72.8 Å². The molecule has 0 aliphatic rings. The maximum Gasteiger partial charge on any atom is 0.293 e. The van der Waals surface area contributed by atoms with E-state index in [1.807, 2.05) is 0 Å². The lowest BCUT2D eigenvalue weighted by molar-refractivity contribution is -0.384. The molecule has 158 valence electrons. The van der Waals surface area contributed by atoms with Crippen molar-refractivity contribution in [1.29, 1.82) is 0 Å². The molecule has 0 saturated heterocycles. The highest BCUT2D eigenvalue weighted by Gasteiger charge is 2.22. The minimum absolute atomic E-state index is 0.112. The summed E-state index contributed by atoms with van der Waals surface area (Å²) in [5.74, 6) is 0.0115. The maximum atomic E-state index is 12.6. The summed E-state index contributed by atoms with van der Waals surface area (Å²) in [5.41, 5.74) is 1.22. The Morgan fingerprint density at radius 2 is 1.68 bits per heavy atom. The Labute approximate surface area is 179 Å². The fourth-order valence-electron chi connectivity index (χ4n) is 3.07. The smallest absolute Gasteiger partial charge is 0.293 e. The molecule has 8 nitrogen and oxygen atoms in total. The summed E-state index contributed by atoms with van der Waals surface area (Å²) in [6.07, 6.45) is 0. The van der Waals surface area contributed by atoms with Crippen molar-refractivity contribution in [2.45, 2.75) is 0 Å². The third-order valence-electron chi connectivity index (χ3n) is 4.64. The van der Waals surface area contributed by atoms with Crippen LogP contribution in [0.2, 0.25) is 0 Å². The fraction of sp³-hybridized carbons (Fsp3) is 0.130. The molecule has 0 fully saturated rings. The first-order chi connectivity index (χ1) is 14.9. The van der Waals surface area contributed by atoms with Crippen LogP contribution in [0.25, 0.3) is 0 Å². The number of nitro groups is 1. The van der Waals surface area contributed by atoms with E-state index >= 15 is 0 Å². The number of hydrogen-bond acceptors (Lipinski definition) is 6. The van der Waals surface area contributed by atoms with Crippen LogP contribution < -0.4 is 15.0 Å². The molecule has 0 aromatic heterocycles. The van der Waals surface area contributed by atoms with E-state index in [-0.39, 0.29) is 35.2 Å². The molecule has 0 spiro atoms. The van der Waals surface area contributed by atoms with Crippen molar-refractivity contribution < 1.29 is 19.2 Å². The Morgan fingerprint density at radius 3 is 2.29 bits per heavy atom. The van der Waals surface area contributed by atoms with Crippen LogP contribution in [-0.2, 0) is 4.79 Å². The van der Waals surface area contributed by atoms with E-state index in [2.05, 4.69) is 5.32 Å². The number of nitrogens with zero attached hydrogens (tertiary/aromatic N) is 2. The number of hydrogen-bond donors (Lipinski definition) is 1. The zero-order chi connectivity index (χ0) is 22.4. The number of benzene rings is 3. The zero-order valence-corrected chi connectivity index (χ0v) is 17.1. The first kappa shape index (κ1) is 21.5. The van der Waals surface area contributed by atoms with Crippen molar-refractivity contribution in [1.82, 2.24) is 0 Å². The quantitative estimate of drug-likeness (QED) is 0.337. The van der Waals surface area contributed by atoms with E-state index in [4.69, 9.17) is 4.74 Å². The van der Waals surface area contributed by atoms with Crippen molar-refractivity contribution in [3.05, 3.63) is 94.0 Å². The van der Waals surface area contributed by atoms with E-state index in [9.17, 15) is 19.7 Å². The third kappa shape index (κ3) is 5.24. The van der Waals surface area contributed by atoms with Gasteiger partial charge in [0.05, 0.1) is 18.6 Å². The SMILES string of the molecule is COc1ccc(NC(=O)CN(C)c2ccc(C(=O)c3ccccc3)cc2[N+](=O)[O-])cc1. The Kier molecular flexibility index (Phi) is 6.61. The molecule has 0 bridgehead atoms. The van der Waals surface area contributed by atoms with Gasteiger partial charge < -0.3 is 15.0 Å². The zero-order valence-electron chi connectivity index (χ0n) is 17.1. The van der Waals surface area contributed by atoms with E-state index in [0.29, 0.717) is 17.0 Å². The van der Waals surface area contributed by atoms with Gasteiger partial charge in [-0.15, -0.1) is 0 Å². The summed E-state index contributed by atoms with van der Waals surface area (Å²) in [6.45, 7) is -0.112. The molecule has 0 saturated carbocycles. The van der Waals surface area contributed by atoms with E-state index in [1.54, 1.807) is 68.8 Å². The van der Waals surface area contributed by atoms with Crippen molar-refractivity contribution in [2.24, 2.45) is 0 Å². The average molecular weight is 419 g/mol. The van der Waals surface area contributed by atoms with E-state index in [0.717, 1.165) is 0 Å². The van der Waals surface area contributed by atoms with E-state index < -0.39 is 4.92 Å². The fourth-order valence-corrected chi connectivity index (χ4v) is 3.07. The molecule has 0 radical (unpaired) electrons. The molecule has 3 aromatic rings. The van der Waals surface area contributed by atoms with Gasteiger partial charge >= 0.3 is 0 Å². The normalized spacial score (nSPS) is 10.3. The second-order valence-electron chi connectivity index (χ2n) is 6.79. The van der Waals surface area contributed by atoms with Gasteiger partial charge in [-0.05, 0) is 36.4 Å². The number of anilines is 2. The first-order valence-electron chi connectivity index (χ1n) is 9.42. The topological polar surface area (TPSA) is 102 Å². The monoisotopic (exact) mass is 419 g/mol. The van der Waals surface area contributed by atoms with Crippen molar-refractivity contribution in [2.75, 3.05) is 30.9 Å². The van der Waals surface area contributed by atoms with Gasteiger partial charge in [-0.2, -0.15) is 0 Å². The summed E-state index contributed by atoms with van der Waals surface area (Å²) in [6, 6.07) is 19.6. The van der Waals surface area contributed by atoms with Crippen molar-refractivity contribution in [3.8, 4) is 5.75 Å². The molecule has 0 unspecified atom stereocenters. The number of nitrogens with one attached hydrogen (secondary N) is 1. The number of methoxy groups -OCH3 is 1. The van der Waals surface area contributed by atoms with E-state index in [1.165, 1.54) is 23.1 Å². The minimum atomic E-state index is -0.561. The van der Waals surface area contributed by atoms with Crippen LogP contribution in [0.3, 0.4) is 0 Å². The molecule has 8 heteroatoms. The Hall–Kier alpha value is -4.20. The number of carbonyl (C=O) groups is 2. The van der Waals surface area contributed by atoms with Crippen LogP contribution in [0.4, 0.5) is 17.1 Å². The molecule has 1 N–H and O–H groups in total. The van der Waals surface area contributed by atoms with Crippen LogP contribution >= 0.6 is 0 Å². The standard InChI is InChI=1S/C23H21N3O5/c1-25(15-22(27)24-18-9-11-19(31-2)12-10-18)20-13-8-17(14-21(20)26(29)30)23(28)16-6-4-3-5-7-16/h3-14H,15H2,1-2H3,(H,24,27). The summed E-state index contributed by atoms with van der Waals surface area (Å²) in [7, 11) is 3.13. The highest BCUT2D eigenvalue weighted by atomic mass is 16.6. The van der Waals surface area contributed by atoms with Gasteiger partial charge in [0.2, 0.25) is 5.91 Å². The maximum absolute atomic E-state index is 12.6. The predicted molar refractivity (Wildman–Crippen MR) is 118 cm³/mol. The van der Waals surface area contributed by atoms with Crippen LogP contribution in [0, 0.1) is 10.1 Å². The van der Waals surface area contributed by atoms with Crippen molar-refractivity contribution >= 4 is 28.8 Å². The second-order valence-corrected chi connectivity index (χ2v) is 6.79. The summed E-state index contributed by atoms with van der Waals surface area (Å²) in [5, 5.41) is 14.4. The van der Waals surface area contributed by atoms with Gasteiger partial charge in [0, 0.05) is 29.9 Å². The molecule has 0 atom stereocenters. The summed E-state index contributed by atoms with van der Waals surface area (Å²) in [4.78, 5) is 37.5. The lowest BCUT2D eigenvalue weighted by Crippen LogP contribution is -2.30. The third-order valence-corrected chi connectivity index (χ3v) is 4.64.